The van der Waals surface area contributed by atoms with Crippen LogP contribution in [0.1, 0.15) is 13.8 Å². The zero-order chi connectivity index (χ0) is 13.1. The molecule has 0 aliphatic heterocycles. The summed E-state index contributed by atoms with van der Waals surface area (Å²) in [5.41, 5.74) is 0. The Bertz CT molecular complexity index is 476. The number of halogens is 2. The fourth-order valence-electron chi connectivity index (χ4n) is 1.27. The molecular formula is C11H15BrINO2S. The van der Waals surface area contributed by atoms with Crippen molar-refractivity contribution < 1.29 is 8.42 Å². The normalized spacial score (nSPS) is 13.9. The second-order valence-corrected chi connectivity index (χ2v) is 7.47. The van der Waals surface area contributed by atoms with Gasteiger partial charge in [-0.05, 0) is 34.0 Å². The van der Waals surface area contributed by atoms with Gasteiger partial charge in [0, 0.05) is 14.9 Å². The Balaban J connectivity index is 3.01. The van der Waals surface area contributed by atoms with E-state index < -0.39 is 10.0 Å². The van der Waals surface area contributed by atoms with E-state index in [1.165, 1.54) is 0 Å². The van der Waals surface area contributed by atoms with Crippen LogP contribution in [-0.2, 0) is 10.0 Å². The lowest BCUT2D eigenvalue weighted by molar-refractivity contribution is 0.486. The van der Waals surface area contributed by atoms with Gasteiger partial charge in [-0.2, -0.15) is 0 Å². The highest BCUT2D eigenvalue weighted by Gasteiger charge is 2.23. The molecule has 1 aromatic carbocycles. The molecule has 96 valence electrons. The van der Waals surface area contributed by atoms with Gasteiger partial charge in [0.05, 0.1) is 4.90 Å². The summed E-state index contributed by atoms with van der Waals surface area (Å²) in [6, 6.07) is 6.78. The molecule has 0 fully saturated rings. The van der Waals surface area contributed by atoms with E-state index in [2.05, 4.69) is 43.2 Å². The van der Waals surface area contributed by atoms with Crippen LogP contribution < -0.4 is 4.72 Å². The highest BCUT2D eigenvalue weighted by Crippen LogP contribution is 2.22. The molecular weight excluding hydrogens is 417 g/mol. The molecule has 0 aliphatic carbocycles. The summed E-state index contributed by atoms with van der Waals surface area (Å²) in [5, 5.41) is 0. The number of rotatable bonds is 5. The number of benzene rings is 1. The van der Waals surface area contributed by atoms with Gasteiger partial charge in [-0.1, -0.05) is 48.6 Å². The molecule has 1 aromatic rings. The van der Waals surface area contributed by atoms with E-state index in [0.717, 1.165) is 4.43 Å². The fraction of sp³-hybridized carbons (Fsp3) is 0.455. The maximum absolute atomic E-state index is 12.2. The lowest BCUT2D eigenvalue weighted by Gasteiger charge is -2.20. The molecule has 0 amide bonds. The molecule has 3 nitrogen and oxygen atoms in total. The molecule has 17 heavy (non-hydrogen) atoms. The largest absolute Gasteiger partial charge is 0.241 e. The van der Waals surface area contributed by atoms with Crippen LogP contribution in [0.5, 0.6) is 0 Å². The Morgan fingerprint density at radius 2 is 1.94 bits per heavy atom. The maximum Gasteiger partial charge on any atom is 0.241 e. The van der Waals surface area contributed by atoms with Crippen molar-refractivity contribution in [3.05, 3.63) is 28.7 Å². The third-order valence-corrected chi connectivity index (χ3v) is 5.85. The van der Waals surface area contributed by atoms with Crippen molar-refractivity contribution in [1.82, 2.24) is 4.72 Å². The standard InChI is InChI=1S/C11H15BrINO2S/c1-8(2)10(7-13)14-17(15,16)11-6-4-3-5-9(11)12/h3-6,8,10,14H,7H2,1-2H3. The SMILES string of the molecule is CC(C)C(CI)NS(=O)(=O)c1ccccc1Br. The van der Waals surface area contributed by atoms with Crippen LogP contribution in [0.25, 0.3) is 0 Å². The van der Waals surface area contributed by atoms with E-state index in [-0.39, 0.29) is 16.9 Å². The molecule has 0 radical (unpaired) electrons. The summed E-state index contributed by atoms with van der Waals surface area (Å²) in [5.74, 6) is 0.268. The molecule has 0 heterocycles. The number of hydrogen-bond acceptors (Lipinski definition) is 2. The summed E-state index contributed by atoms with van der Waals surface area (Å²) < 4.78 is 28.4. The van der Waals surface area contributed by atoms with Crippen LogP contribution in [0.3, 0.4) is 0 Å². The van der Waals surface area contributed by atoms with Crippen molar-refractivity contribution in [2.75, 3.05) is 4.43 Å². The Morgan fingerprint density at radius 3 is 2.41 bits per heavy atom. The van der Waals surface area contributed by atoms with Crippen LogP contribution in [0.2, 0.25) is 0 Å². The minimum Gasteiger partial charge on any atom is -0.207 e. The summed E-state index contributed by atoms with van der Waals surface area (Å²) in [6.07, 6.45) is 0. The average molecular weight is 432 g/mol. The number of nitrogens with one attached hydrogen (secondary N) is 1. The zero-order valence-corrected chi connectivity index (χ0v) is 14.2. The van der Waals surface area contributed by atoms with Crippen LogP contribution in [0.4, 0.5) is 0 Å². The molecule has 0 saturated heterocycles. The first-order chi connectivity index (χ1) is 7.88. The van der Waals surface area contributed by atoms with Crippen molar-refractivity contribution in [2.45, 2.75) is 24.8 Å². The molecule has 1 rings (SSSR count). The first-order valence-corrected chi connectivity index (χ1v) is 9.01. The van der Waals surface area contributed by atoms with Gasteiger partial charge in [0.25, 0.3) is 0 Å². The molecule has 0 saturated carbocycles. The first kappa shape index (κ1) is 15.4. The zero-order valence-electron chi connectivity index (χ0n) is 9.65. The molecule has 0 bridgehead atoms. The predicted octanol–water partition coefficient (Wildman–Crippen LogP) is 3.19. The lowest BCUT2D eigenvalue weighted by Crippen LogP contribution is -2.39. The Morgan fingerprint density at radius 1 is 1.35 bits per heavy atom. The van der Waals surface area contributed by atoms with Gasteiger partial charge in [0.2, 0.25) is 10.0 Å². The van der Waals surface area contributed by atoms with Gasteiger partial charge in [-0.3, -0.25) is 0 Å². The monoisotopic (exact) mass is 431 g/mol. The maximum atomic E-state index is 12.2. The van der Waals surface area contributed by atoms with Crippen molar-refractivity contribution >= 4 is 48.5 Å². The molecule has 0 aromatic heterocycles. The predicted molar refractivity (Wildman–Crippen MR) is 82.0 cm³/mol. The molecule has 1 atom stereocenters. The second kappa shape index (κ2) is 6.49. The van der Waals surface area contributed by atoms with Crippen LogP contribution in [0, 0.1) is 5.92 Å². The minimum absolute atomic E-state index is 0.0484. The van der Waals surface area contributed by atoms with Gasteiger partial charge in [-0.15, -0.1) is 0 Å². The van der Waals surface area contributed by atoms with Crippen molar-refractivity contribution in [2.24, 2.45) is 5.92 Å². The van der Waals surface area contributed by atoms with Gasteiger partial charge in [0.1, 0.15) is 0 Å². The molecule has 1 unspecified atom stereocenters. The van der Waals surface area contributed by atoms with Gasteiger partial charge in [0.15, 0.2) is 0 Å². The van der Waals surface area contributed by atoms with Gasteiger partial charge >= 0.3 is 0 Å². The number of hydrogen-bond donors (Lipinski definition) is 1. The Labute approximate surface area is 125 Å². The average Bonchev–Trinajstić information content (AvgIpc) is 2.26. The third kappa shape index (κ3) is 4.18. The van der Waals surface area contributed by atoms with Crippen molar-refractivity contribution in [3.8, 4) is 0 Å². The van der Waals surface area contributed by atoms with Crippen LogP contribution in [-0.4, -0.2) is 18.9 Å². The number of alkyl halides is 1. The molecule has 0 aliphatic rings. The summed E-state index contributed by atoms with van der Waals surface area (Å²) >= 11 is 5.45. The summed E-state index contributed by atoms with van der Waals surface area (Å²) in [7, 11) is -3.45. The third-order valence-electron chi connectivity index (χ3n) is 2.40. The van der Waals surface area contributed by atoms with E-state index in [1.54, 1.807) is 24.3 Å². The molecule has 6 heteroatoms. The highest BCUT2D eigenvalue weighted by atomic mass is 127. The van der Waals surface area contributed by atoms with E-state index in [9.17, 15) is 8.42 Å². The van der Waals surface area contributed by atoms with E-state index in [1.807, 2.05) is 13.8 Å². The second-order valence-electron chi connectivity index (χ2n) is 4.06. The summed E-state index contributed by atoms with van der Waals surface area (Å²) in [6.45, 7) is 4.01. The summed E-state index contributed by atoms with van der Waals surface area (Å²) in [4.78, 5) is 0.288. The van der Waals surface area contributed by atoms with Crippen LogP contribution >= 0.6 is 38.5 Å². The Hall–Kier alpha value is 0.340. The fourth-order valence-corrected chi connectivity index (χ4v) is 5.19. The topological polar surface area (TPSA) is 46.2 Å². The van der Waals surface area contributed by atoms with Gasteiger partial charge < -0.3 is 0 Å². The lowest BCUT2D eigenvalue weighted by atomic mass is 10.1. The van der Waals surface area contributed by atoms with Crippen LogP contribution in [0.15, 0.2) is 33.6 Å². The Kier molecular flexibility index (Phi) is 5.88. The highest BCUT2D eigenvalue weighted by molar-refractivity contribution is 14.1. The van der Waals surface area contributed by atoms with Crippen molar-refractivity contribution in [3.63, 3.8) is 0 Å². The quantitative estimate of drug-likeness (QED) is 0.574. The van der Waals surface area contributed by atoms with Gasteiger partial charge in [-0.25, -0.2) is 13.1 Å². The number of sulfonamides is 1. The first-order valence-electron chi connectivity index (χ1n) is 5.21. The minimum atomic E-state index is -3.45. The molecule has 1 N–H and O–H groups in total. The van der Waals surface area contributed by atoms with Crippen molar-refractivity contribution in [1.29, 1.82) is 0 Å². The smallest absolute Gasteiger partial charge is 0.207 e. The van der Waals surface area contributed by atoms with E-state index in [0.29, 0.717) is 4.47 Å². The molecule has 0 spiro atoms. The van der Waals surface area contributed by atoms with E-state index >= 15 is 0 Å². The van der Waals surface area contributed by atoms with E-state index in [4.69, 9.17) is 0 Å².